The fraction of sp³-hybridized carbons (Fsp3) is 0.259. The highest BCUT2D eigenvalue weighted by molar-refractivity contribution is 6.34. The molecular formula is C27H26ClNO. The molecule has 3 heteroatoms. The van der Waals surface area contributed by atoms with Gasteiger partial charge in [0.2, 0.25) is 0 Å². The van der Waals surface area contributed by atoms with E-state index in [0.717, 1.165) is 40.9 Å². The van der Waals surface area contributed by atoms with Gasteiger partial charge in [-0.3, -0.25) is 0 Å². The highest BCUT2D eigenvalue weighted by atomic mass is 35.5. The Kier molecular flexibility index (Phi) is 4.72. The summed E-state index contributed by atoms with van der Waals surface area (Å²) < 4.78 is 0. The van der Waals surface area contributed by atoms with Crippen LogP contribution in [0.15, 0.2) is 60.7 Å². The van der Waals surface area contributed by atoms with E-state index in [2.05, 4.69) is 73.4 Å². The van der Waals surface area contributed by atoms with Crippen molar-refractivity contribution in [2.75, 3.05) is 6.61 Å². The minimum atomic E-state index is -0.00382. The molecule has 0 aliphatic heterocycles. The minimum absolute atomic E-state index is 0.00382. The van der Waals surface area contributed by atoms with Crippen LogP contribution < -0.4 is 0 Å². The first-order valence-electron chi connectivity index (χ1n) is 10.6. The van der Waals surface area contributed by atoms with Crippen molar-refractivity contribution >= 4 is 22.5 Å². The van der Waals surface area contributed by atoms with Crippen LogP contribution in [0.5, 0.6) is 0 Å². The number of aliphatic hydroxyl groups excluding tert-OH is 1. The second kappa shape index (κ2) is 7.30. The maximum atomic E-state index is 9.67. The highest BCUT2D eigenvalue weighted by Crippen LogP contribution is 2.48. The fourth-order valence-electron chi connectivity index (χ4n) is 4.36. The van der Waals surface area contributed by atoms with Gasteiger partial charge in [0, 0.05) is 34.0 Å². The number of benzene rings is 3. The number of hydrogen-bond acceptors (Lipinski definition) is 1. The molecule has 0 bridgehead atoms. The third kappa shape index (κ3) is 3.45. The van der Waals surface area contributed by atoms with Crippen molar-refractivity contribution in [3.8, 4) is 11.1 Å². The minimum Gasteiger partial charge on any atom is -0.395 e. The van der Waals surface area contributed by atoms with Crippen LogP contribution in [0.2, 0.25) is 5.02 Å². The zero-order chi connectivity index (χ0) is 20.9. The molecule has 0 unspecified atom stereocenters. The summed E-state index contributed by atoms with van der Waals surface area (Å²) in [5.74, 6) is 0. The SMILES string of the molecule is Cc1ccc(Cc2cc3cc(-c4ccc(C5(CO)CC5)cc4)c(Cl)cc3[nH]2)cc1C. The first-order valence-corrected chi connectivity index (χ1v) is 10.9. The van der Waals surface area contributed by atoms with Crippen molar-refractivity contribution in [1.82, 2.24) is 4.98 Å². The average Bonchev–Trinajstić information content (AvgIpc) is 3.45. The summed E-state index contributed by atoms with van der Waals surface area (Å²) in [7, 11) is 0. The van der Waals surface area contributed by atoms with Crippen molar-refractivity contribution in [2.45, 2.75) is 38.5 Å². The molecule has 1 heterocycles. The number of aromatic nitrogens is 1. The lowest BCUT2D eigenvalue weighted by molar-refractivity contribution is 0.255. The predicted molar refractivity (Wildman–Crippen MR) is 125 cm³/mol. The van der Waals surface area contributed by atoms with Crippen LogP contribution in [0.4, 0.5) is 0 Å². The standard InChI is InChI=1S/C27H26ClNO/c1-17-3-4-19(11-18(17)2)12-23-13-21-14-24(25(28)15-26(21)29-23)20-5-7-22(8-6-20)27(16-30)9-10-27/h3-8,11,13-15,29-30H,9-10,12,16H2,1-2H3. The van der Waals surface area contributed by atoms with Crippen LogP contribution in [0, 0.1) is 13.8 Å². The second-order valence-corrected chi connectivity index (χ2v) is 9.23. The van der Waals surface area contributed by atoms with E-state index in [9.17, 15) is 5.11 Å². The Morgan fingerprint density at radius 2 is 1.70 bits per heavy atom. The number of rotatable bonds is 5. The first kappa shape index (κ1) is 19.4. The third-order valence-corrected chi connectivity index (χ3v) is 7.01. The topological polar surface area (TPSA) is 36.0 Å². The number of nitrogens with one attached hydrogen (secondary N) is 1. The number of fused-ring (bicyclic) bond motifs is 1. The van der Waals surface area contributed by atoms with Gasteiger partial charge in [-0.15, -0.1) is 0 Å². The van der Waals surface area contributed by atoms with Crippen molar-refractivity contribution in [1.29, 1.82) is 0 Å². The molecule has 5 rings (SSSR count). The molecule has 0 atom stereocenters. The third-order valence-electron chi connectivity index (χ3n) is 6.69. The van der Waals surface area contributed by atoms with Gasteiger partial charge in [-0.1, -0.05) is 54.1 Å². The molecule has 1 saturated carbocycles. The molecule has 2 nitrogen and oxygen atoms in total. The summed E-state index contributed by atoms with van der Waals surface area (Å²) >= 11 is 6.65. The highest BCUT2D eigenvalue weighted by Gasteiger charge is 2.43. The van der Waals surface area contributed by atoms with Crippen molar-refractivity contribution in [3.05, 3.63) is 93.6 Å². The molecule has 152 valence electrons. The number of H-pyrrole nitrogens is 1. The Hall–Kier alpha value is -2.55. The van der Waals surface area contributed by atoms with Crippen molar-refractivity contribution < 1.29 is 5.11 Å². The van der Waals surface area contributed by atoms with Crippen LogP contribution >= 0.6 is 11.6 Å². The number of aromatic amines is 1. The first-order chi connectivity index (χ1) is 14.5. The number of aliphatic hydroxyl groups is 1. The molecule has 4 aromatic rings. The van der Waals surface area contributed by atoms with Crippen LogP contribution in [-0.2, 0) is 11.8 Å². The monoisotopic (exact) mass is 415 g/mol. The number of hydrogen-bond donors (Lipinski definition) is 2. The van der Waals surface area contributed by atoms with Crippen LogP contribution in [0.3, 0.4) is 0 Å². The molecule has 1 aliphatic carbocycles. The number of halogens is 1. The Labute approximate surface area is 182 Å². The van der Waals surface area contributed by atoms with E-state index < -0.39 is 0 Å². The molecule has 0 spiro atoms. The van der Waals surface area contributed by atoms with Gasteiger partial charge in [0.15, 0.2) is 0 Å². The lowest BCUT2D eigenvalue weighted by Crippen LogP contribution is -2.11. The molecule has 3 aromatic carbocycles. The van der Waals surface area contributed by atoms with Gasteiger partial charge in [-0.2, -0.15) is 0 Å². The summed E-state index contributed by atoms with van der Waals surface area (Å²) in [6, 6.07) is 21.6. The van der Waals surface area contributed by atoms with Crippen molar-refractivity contribution in [3.63, 3.8) is 0 Å². The van der Waals surface area contributed by atoms with Crippen molar-refractivity contribution in [2.24, 2.45) is 0 Å². The predicted octanol–water partition coefficient (Wildman–Crippen LogP) is 6.72. The van der Waals surface area contributed by atoms with Gasteiger partial charge in [-0.05, 0) is 72.7 Å². The lowest BCUT2D eigenvalue weighted by Gasteiger charge is -2.13. The van der Waals surface area contributed by atoms with Crippen LogP contribution in [-0.4, -0.2) is 16.7 Å². The average molecular weight is 416 g/mol. The summed E-state index contributed by atoms with van der Waals surface area (Å²) in [5, 5.41) is 11.6. The largest absolute Gasteiger partial charge is 0.395 e. The van der Waals surface area contributed by atoms with Gasteiger partial charge in [0.05, 0.1) is 11.6 Å². The summed E-state index contributed by atoms with van der Waals surface area (Å²) in [6.07, 6.45) is 3.02. The molecule has 1 fully saturated rings. The molecular weight excluding hydrogens is 390 g/mol. The van der Waals surface area contributed by atoms with E-state index in [1.54, 1.807) is 0 Å². The molecule has 0 amide bonds. The lowest BCUT2D eigenvalue weighted by atomic mass is 9.94. The van der Waals surface area contributed by atoms with Gasteiger partial charge < -0.3 is 10.1 Å². The van der Waals surface area contributed by atoms with Gasteiger partial charge >= 0.3 is 0 Å². The van der Waals surface area contributed by atoms with Crippen LogP contribution in [0.25, 0.3) is 22.0 Å². The van der Waals surface area contributed by atoms with E-state index in [1.807, 2.05) is 6.07 Å². The van der Waals surface area contributed by atoms with Gasteiger partial charge in [0.1, 0.15) is 0 Å². The molecule has 1 aromatic heterocycles. The smallest absolute Gasteiger partial charge is 0.0527 e. The van der Waals surface area contributed by atoms with E-state index in [0.29, 0.717) is 0 Å². The van der Waals surface area contributed by atoms with E-state index in [4.69, 9.17) is 11.6 Å². The summed E-state index contributed by atoms with van der Waals surface area (Å²) in [6.45, 7) is 4.53. The molecule has 0 saturated heterocycles. The zero-order valence-corrected chi connectivity index (χ0v) is 18.2. The van der Waals surface area contributed by atoms with Gasteiger partial charge in [-0.25, -0.2) is 0 Å². The molecule has 2 N–H and O–H groups in total. The van der Waals surface area contributed by atoms with Gasteiger partial charge in [0.25, 0.3) is 0 Å². The molecule has 0 radical (unpaired) electrons. The second-order valence-electron chi connectivity index (χ2n) is 8.83. The summed E-state index contributed by atoms with van der Waals surface area (Å²) in [4.78, 5) is 3.53. The Bertz CT molecular complexity index is 1230. The van der Waals surface area contributed by atoms with E-state index in [-0.39, 0.29) is 12.0 Å². The van der Waals surface area contributed by atoms with E-state index >= 15 is 0 Å². The Morgan fingerprint density at radius 1 is 0.933 bits per heavy atom. The van der Waals surface area contributed by atoms with E-state index in [1.165, 1.54) is 33.3 Å². The molecule has 30 heavy (non-hydrogen) atoms. The Morgan fingerprint density at radius 3 is 2.37 bits per heavy atom. The maximum absolute atomic E-state index is 9.67. The zero-order valence-electron chi connectivity index (χ0n) is 17.4. The molecule has 1 aliphatic rings. The fourth-order valence-corrected chi connectivity index (χ4v) is 4.63. The normalized spacial score (nSPS) is 14.9. The number of aryl methyl sites for hydroxylation is 2. The van der Waals surface area contributed by atoms with Crippen LogP contribution in [0.1, 0.15) is 40.8 Å². The summed E-state index contributed by atoms with van der Waals surface area (Å²) in [5.41, 5.74) is 9.59. The maximum Gasteiger partial charge on any atom is 0.0527 e. The Balaban J connectivity index is 1.45. The quantitative estimate of drug-likeness (QED) is 0.373.